The molecule has 4 heteroatoms. The molecule has 0 saturated heterocycles. The van der Waals surface area contributed by atoms with Crippen LogP contribution in [0.4, 0.5) is 4.39 Å². The highest BCUT2D eigenvalue weighted by Gasteiger charge is 2.14. The molecular weight excluding hydrogens is 253 g/mol. The fourth-order valence-electron chi connectivity index (χ4n) is 2.21. The van der Waals surface area contributed by atoms with E-state index >= 15 is 0 Å². The lowest BCUT2D eigenvalue weighted by atomic mass is 10.00. The molecule has 0 amide bonds. The summed E-state index contributed by atoms with van der Waals surface area (Å²) in [6.45, 7) is 2.98. The van der Waals surface area contributed by atoms with Crippen LogP contribution < -0.4 is 5.32 Å². The minimum Gasteiger partial charge on any atom is -0.310 e. The molecule has 0 fully saturated rings. The summed E-state index contributed by atoms with van der Waals surface area (Å²) in [5.74, 6) is -0.243. The molecule has 2 rings (SSSR count). The van der Waals surface area contributed by atoms with E-state index in [1.54, 1.807) is 18.5 Å². The summed E-state index contributed by atoms with van der Waals surface area (Å²) in [4.78, 5) is 7.92. The Morgan fingerprint density at radius 2 is 2.05 bits per heavy atom. The molecule has 0 radical (unpaired) electrons. The van der Waals surface area contributed by atoms with Crippen LogP contribution in [0, 0.1) is 5.82 Å². The third-order valence-corrected chi connectivity index (χ3v) is 3.26. The van der Waals surface area contributed by atoms with Gasteiger partial charge in [-0.3, -0.25) is 9.97 Å². The summed E-state index contributed by atoms with van der Waals surface area (Å²) >= 11 is 0. The second-order valence-electron chi connectivity index (χ2n) is 4.80. The van der Waals surface area contributed by atoms with Crippen molar-refractivity contribution >= 4 is 0 Å². The normalized spacial score (nSPS) is 12.3. The first kappa shape index (κ1) is 14.6. The van der Waals surface area contributed by atoms with Crippen molar-refractivity contribution in [2.24, 2.45) is 0 Å². The van der Waals surface area contributed by atoms with Crippen LogP contribution >= 0.6 is 0 Å². The second-order valence-corrected chi connectivity index (χ2v) is 4.80. The zero-order chi connectivity index (χ0) is 14.2. The van der Waals surface area contributed by atoms with Gasteiger partial charge in [0, 0.05) is 30.2 Å². The van der Waals surface area contributed by atoms with Crippen molar-refractivity contribution in [1.29, 1.82) is 0 Å². The van der Waals surface area contributed by atoms with Gasteiger partial charge in [0.25, 0.3) is 0 Å². The molecule has 106 valence electrons. The lowest BCUT2D eigenvalue weighted by molar-refractivity contribution is 0.472. The zero-order valence-corrected chi connectivity index (χ0v) is 11.7. The lowest BCUT2D eigenvalue weighted by Crippen LogP contribution is -2.23. The van der Waals surface area contributed by atoms with Gasteiger partial charge >= 0.3 is 0 Å². The Morgan fingerprint density at radius 1 is 1.20 bits per heavy atom. The van der Waals surface area contributed by atoms with E-state index in [0.717, 1.165) is 25.8 Å². The van der Waals surface area contributed by atoms with Crippen LogP contribution in [-0.4, -0.2) is 16.5 Å². The van der Waals surface area contributed by atoms with Crippen molar-refractivity contribution in [2.75, 3.05) is 6.54 Å². The number of aromatic nitrogens is 2. The summed E-state index contributed by atoms with van der Waals surface area (Å²) < 4.78 is 13.9. The number of halogens is 1. The SMILES string of the molecule is CCCNC(CCc1cccnc1)c1ccncc1F. The van der Waals surface area contributed by atoms with Gasteiger partial charge in [-0.1, -0.05) is 13.0 Å². The molecule has 0 bridgehead atoms. The molecule has 0 saturated carbocycles. The maximum absolute atomic E-state index is 13.9. The molecule has 2 aromatic rings. The standard InChI is InChI=1S/C16H20FN3/c1-2-8-20-16(14-7-10-19-12-15(14)17)6-5-13-4-3-9-18-11-13/h3-4,7,9-12,16,20H,2,5-6,8H2,1H3. The van der Waals surface area contributed by atoms with Crippen LogP contribution in [0.25, 0.3) is 0 Å². The molecule has 0 aliphatic carbocycles. The van der Waals surface area contributed by atoms with Crippen molar-refractivity contribution in [1.82, 2.24) is 15.3 Å². The number of rotatable bonds is 7. The van der Waals surface area contributed by atoms with Crippen molar-refractivity contribution < 1.29 is 4.39 Å². The van der Waals surface area contributed by atoms with Gasteiger partial charge in [0.05, 0.1) is 6.20 Å². The van der Waals surface area contributed by atoms with E-state index in [2.05, 4.69) is 22.2 Å². The Labute approximate surface area is 119 Å². The van der Waals surface area contributed by atoms with Gasteiger partial charge in [0.15, 0.2) is 0 Å². The van der Waals surface area contributed by atoms with Crippen molar-refractivity contribution in [3.8, 4) is 0 Å². The fourth-order valence-corrected chi connectivity index (χ4v) is 2.21. The summed E-state index contributed by atoms with van der Waals surface area (Å²) in [6.07, 6.45) is 9.28. The number of hydrogen-bond acceptors (Lipinski definition) is 3. The number of pyridine rings is 2. The number of aryl methyl sites for hydroxylation is 1. The van der Waals surface area contributed by atoms with Crippen LogP contribution in [0.15, 0.2) is 43.0 Å². The molecule has 20 heavy (non-hydrogen) atoms. The highest BCUT2D eigenvalue weighted by atomic mass is 19.1. The van der Waals surface area contributed by atoms with E-state index in [1.165, 1.54) is 11.8 Å². The average Bonchev–Trinajstić information content (AvgIpc) is 2.49. The largest absolute Gasteiger partial charge is 0.310 e. The van der Waals surface area contributed by atoms with Gasteiger partial charge in [-0.25, -0.2) is 4.39 Å². The number of nitrogens with zero attached hydrogens (tertiary/aromatic N) is 2. The van der Waals surface area contributed by atoms with Crippen molar-refractivity contribution in [2.45, 2.75) is 32.2 Å². The molecule has 1 atom stereocenters. The van der Waals surface area contributed by atoms with Gasteiger partial charge in [-0.15, -0.1) is 0 Å². The van der Waals surface area contributed by atoms with E-state index in [9.17, 15) is 4.39 Å². The maximum Gasteiger partial charge on any atom is 0.146 e. The van der Waals surface area contributed by atoms with E-state index in [-0.39, 0.29) is 11.9 Å². The summed E-state index contributed by atoms with van der Waals surface area (Å²) in [5, 5.41) is 3.41. The van der Waals surface area contributed by atoms with Crippen LogP contribution in [0.2, 0.25) is 0 Å². The van der Waals surface area contributed by atoms with Crippen LogP contribution in [-0.2, 0) is 6.42 Å². The maximum atomic E-state index is 13.9. The molecule has 2 heterocycles. The topological polar surface area (TPSA) is 37.8 Å². The van der Waals surface area contributed by atoms with Gasteiger partial charge in [0.1, 0.15) is 5.82 Å². The van der Waals surface area contributed by atoms with E-state index in [0.29, 0.717) is 5.56 Å². The van der Waals surface area contributed by atoms with Gasteiger partial charge in [-0.05, 0) is 43.5 Å². The quantitative estimate of drug-likeness (QED) is 0.841. The highest BCUT2D eigenvalue weighted by molar-refractivity contribution is 5.18. The van der Waals surface area contributed by atoms with Crippen molar-refractivity contribution in [3.63, 3.8) is 0 Å². The van der Waals surface area contributed by atoms with E-state index in [1.807, 2.05) is 18.3 Å². The Kier molecular flexibility index (Phi) is 5.62. The van der Waals surface area contributed by atoms with E-state index < -0.39 is 0 Å². The first-order chi connectivity index (χ1) is 9.81. The third-order valence-electron chi connectivity index (χ3n) is 3.26. The molecule has 0 spiro atoms. The minimum atomic E-state index is -0.243. The van der Waals surface area contributed by atoms with Gasteiger partial charge in [0.2, 0.25) is 0 Å². The van der Waals surface area contributed by atoms with Gasteiger partial charge in [-0.2, -0.15) is 0 Å². The molecule has 2 aromatic heterocycles. The molecule has 0 aliphatic heterocycles. The Hall–Kier alpha value is -1.81. The summed E-state index contributed by atoms with van der Waals surface area (Å²) in [5.41, 5.74) is 1.86. The summed E-state index contributed by atoms with van der Waals surface area (Å²) in [7, 11) is 0. The molecule has 1 unspecified atom stereocenters. The monoisotopic (exact) mass is 273 g/mol. The number of nitrogens with one attached hydrogen (secondary N) is 1. The molecule has 0 aromatic carbocycles. The fraction of sp³-hybridized carbons (Fsp3) is 0.375. The molecule has 0 aliphatic rings. The van der Waals surface area contributed by atoms with Crippen LogP contribution in [0.5, 0.6) is 0 Å². The predicted molar refractivity (Wildman–Crippen MR) is 77.8 cm³/mol. The Bertz CT molecular complexity index is 516. The Morgan fingerprint density at radius 3 is 2.75 bits per heavy atom. The lowest BCUT2D eigenvalue weighted by Gasteiger charge is -2.19. The minimum absolute atomic E-state index is 0.0122. The zero-order valence-electron chi connectivity index (χ0n) is 11.7. The number of hydrogen-bond donors (Lipinski definition) is 1. The highest BCUT2D eigenvalue weighted by Crippen LogP contribution is 2.21. The third kappa shape index (κ3) is 4.10. The molecular formula is C16H20FN3. The molecule has 1 N–H and O–H groups in total. The second kappa shape index (κ2) is 7.70. The molecule has 3 nitrogen and oxygen atoms in total. The van der Waals surface area contributed by atoms with Gasteiger partial charge < -0.3 is 5.32 Å². The van der Waals surface area contributed by atoms with E-state index in [4.69, 9.17) is 0 Å². The van der Waals surface area contributed by atoms with Crippen LogP contribution in [0.3, 0.4) is 0 Å². The smallest absolute Gasteiger partial charge is 0.146 e. The summed E-state index contributed by atoms with van der Waals surface area (Å²) in [6, 6.07) is 5.74. The Balaban J connectivity index is 2.06. The first-order valence-electron chi connectivity index (χ1n) is 7.03. The van der Waals surface area contributed by atoms with Crippen LogP contribution in [0.1, 0.15) is 36.9 Å². The average molecular weight is 273 g/mol. The first-order valence-corrected chi connectivity index (χ1v) is 7.03. The van der Waals surface area contributed by atoms with Crippen molar-refractivity contribution in [3.05, 3.63) is 59.9 Å². The predicted octanol–water partition coefficient (Wildman–Crippen LogP) is 3.29.